The number of hydrogen-bond acceptors (Lipinski definition) is 4. The first-order valence-corrected chi connectivity index (χ1v) is 9.47. The lowest BCUT2D eigenvalue weighted by Crippen LogP contribution is -2.48. The van der Waals surface area contributed by atoms with E-state index in [0.717, 1.165) is 48.7 Å². The fourth-order valence-corrected chi connectivity index (χ4v) is 3.86. The molecule has 0 radical (unpaired) electrons. The van der Waals surface area contributed by atoms with E-state index in [4.69, 9.17) is 9.47 Å². The van der Waals surface area contributed by atoms with E-state index in [1.165, 1.54) is 0 Å². The van der Waals surface area contributed by atoms with Crippen LogP contribution >= 0.6 is 0 Å². The summed E-state index contributed by atoms with van der Waals surface area (Å²) >= 11 is 0. The molecule has 1 aliphatic rings. The number of ether oxygens (including phenoxy) is 2. The van der Waals surface area contributed by atoms with E-state index in [9.17, 15) is 4.79 Å². The molecule has 2 aromatic rings. The molecule has 5 nitrogen and oxygen atoms in total. The summed E-state index contributed by atoms with van der Waals surface area (Å²) in [5.41, 5.74) is 0.757. The van der Waals surface area contributed by atoms with Crippen molar-refractivity contribution in [3.8, 4) is 5.75 Å². The van der Waals surface area contributed by atoms with Gasteiger partial charge < -0.3 is 14.8 Å². The molecule has 1 fully saturated rings. The summed E-state index contributed by atoms with van der Waals surface area (Å²) in [6.07, 6.45) is 6.34. The number of fused-ring (bicyclic) bond motifs is 1. The molecule has 0 aliphatic heterocycles. The fraction of sp³-hybridized carbons (Fsp3) is 0.524. The molecule has 2 atom stereocenters. The summed E-state index contributed by atoms with van der Waals surface area (Å²) in [4.78, 5) is 17.7. The number of pyridine rings is 1. The lowest BCUT2D eigenvalue weighted by molar-refractivity contribution is -0.148. The van der Waals surface area contributed by atoms with E-state index in [2.05, 4.69) is 24.1 Å². The monoisotopic (exact) mass is 356 g/mol. The van der Waals surface area contributed by atoms with Gasteiger partial charge in [0.1, 0.15) is 16.9 Å². The van der Waals surface area contributed by atoms with E-state index in [0.29, 0.717) is 18.3 Å². The minimum atomic E-state index is -0.734. The largest absolute Gasteiger partial charge is 0.494 e. The van der Waals surface area contributed by atoms with Crippen LogP contribution in [0.25, 0.3) is 10.9 Å². The van der Waals surface area contributed by atoms with Gasteiger partial charge in [0.05, 0.1) is 12.8 Å². The van der Waals surface area contributed by atoms with Gasteiger partial charge in [-0.1, -0.05) is 20.3 Å². The van der Waals surface area contributed by atoms with Crippen LogP contribution in [-0.2, 0) is 9.53 Å². The maximum atomic E-state index is 13.3. The average Bonchev–Trinajstić information content (AvgIpc) is 2.66. The second kappa shape index (κ2) is 8.04. The van der Waals surface area contributed by atoms with Crippen LogP contribution in [0.2, 0.25) is 0 Å². The summed E-state index contributed by atoms with van der Waals surface area (Å²) in [7, 11) is 1.62. The summed E-state index contributed by atoms with van der Waals surface area (Å²) < 4.78 is 11.5. The average molecular weight is 356 g/mol. The van der Waals surface area contributed by atoms with Crippen molar-refractivity contribution >= 4 is 22.5 Å². The lowest BCUT2D eigenvalue weighted by atomic mass is 9.78. The van der Waals surface area contributed by atoms with Crippen LogP contribution in [0, 0.1) is 5.92 Å². The molecule has 5 heteroatoms. The van der Waals surface area contributed by atoms with E-state index in [-0.39, 0.29) is 5.91 Å². The van der Waals surface area contributed by atoms with Gasteiger partial charge in [0.2, 0.25) is 0 Å². The molecule has 0 bridgehead atoms. The molecule has 1 amide bonds. The number of anilines is 1. The molecule has 0 spiro atoms. The number of hydrogen-bond donors (Lipinski definition) is 1. The van der Waals surface area contributed by atoms with Crippen molar-refractivity contribution < 1.29 is 14.3 Å². The molecule has 1 aromatic carbocycles. The van der Waals surface area contributed by atoms with Gasteiger partial charge in [0.25, 0.3) is 5.91 Å². The maximum Gasteiger partial charge on any atom is 0.256 e. The van der Waals surface area contributed by atoms with E-state index in [1.807, 2.05) is 24.3 Å². The number of carbonyl (C=O) groups is 1. The van der Waals surface area contributed by atoms with Crippen molar-refractivity contribution in [2.75, 3.05) is 19.0 Å². The van der Waals surface area contributed by atoms with Gasteiger partial charge in [0, 0.05) is 18.2 Å². The second-order valence-electron chi connectivity index (χ2n) is 7.21. The lowest BCUT2D eigenvalue weighted by Gasteiger charge is -2.38. The SMILES string of the molecule is CCCOC1(C(=O)Nc2ccc(OC)c3ncccc23)CCCC(C)C1. The molecule has 2 unspecified atom stereocenters. The number of carbonyl (C=O) groups excluding carboxylic acids is 1. The number of nitrogens with one attached hydrogen (secondary N) is 1. The van der Waals surface area contributed by atoms with Gasteiger partial charge in [-0.25, -0.2) is 0 Å². The van der Waals surface area contributed by atoms with Gasteiger partial charge in [-0.2, -0.15) is 0 Å². The smallest absolute Gasteiger partial charge is 0.256 e. The zero-order valence-corrected chi connectivity index (χ0v) is 15.9. The number of amides is 1. The van der Waals surface area contributed by atoms with Crippen LogP contribution in [0.1, 0.15) is 46.0 Å². The topological polar surface area (TPSA) is 60.5 Å². The number of benzene rings is 1. The first kappa shape index (κ1) is 18.6. The van der Waals surface area contributed by atoms with Crippen molar-refractivity contribution in [2.45, 2.75) is 51.6 Å². The molecule has 140 valence electrons. The highest BCUT2D eigenvalue weighted by Gasteiger charge is 2.42. The summed E-state index contributed by atoms with van der Waals surface area (Å²) in [6, 6.07) is 7.53. The van der Waals surface area contributed by atoms with Crippen LogP contribution in [0.4, 0.5) is 5.69 Å². The van der Waals surface area contributed by atoms with E-state index in [1.54, 1.807) is 13.3 Å². The Morgan fingerprint density at radius 1 is 1.38 bits per heavy atom. The minimum Gasteiger partial charge on any atom is -0.494 e. The molecule has 0 saturated heterocycles. The molecule has 1 N–H and O–H groups in total. The molecule has 3 rings (SSSR count). The number of methoxy groups -OCH3 is 1. The molecular weight excluding hydrogens is 328 g/mol. The van der Waals surface area contributed by atoms with E-state index >= 15 is 0 Å². The first-order valence-electron chi connectivity index (χ1n) is 9.47. The van der Waals surface area contributed by atoms with Gasteiger partial charge in [0.15, 0.2) is 0 Å². The fourth-order valence-electron chi connectivity index (χ4n) is 3.86. The Labute approximate surface area is 155 Å². The van der Waals surface area contributed by atoms with Crippen LogP contribution in [0.15, 0.2) is 30.5 Å². The van der Waals surface area contributed by atoms with Crippen molar-refractivity contribution in [2.24, 2.45) is 5.92 Å². The zero-order chi connectivity index (χ0) is 18.6. The van der Waals surface area contributed by atoms with Crippen molar-refractivity contribution in [1.29, 1.82) is 0 Å². The third-order valence-electron chi connectivity index (χ3n) is 5.15. The molecule has 1 heterocycles. The molecule has 1 saturated carbocycles. The summed E-state index contributed by atoms with van der Waals surface area (Å²) in [5.74, 6) is 1.13. The maximum absolute atomic E-state index is 13.3. The normalized spacial score (nSPS) is 23.0. The Kier molecular flexibility index (Phi) is 5.77. The van der Waals surface area contributed by atoms with Gasteiger partial charge in [-0.3, -0.25) is 9.78 Å². The van der Waals surface area contributed by atoms with Gasteiger partial charge in [-0.05, 0) is 55.9 Å². The Hall–Kier alpha value is -2.14. The van der Waals surface area contributed by atoms with Crippen molar-refractivity contribution in [3.05, 3.63) is 30.5 Å². The standard InChI is InChI=1S/C21H28N2O3/c1-4-13-26-21(11-5-7-15(2)14-21)20(24)23-17-9-10-18(25-3)19-16(17)8-6-12-22-19/h6,8-10,12,15H,4-5,7,11,13-14H2,1-3H3,(H,23,24). The molecule has 26 heavy (non-hydrogen) atoms. The highest BCUT2D eigenvalue weighted by atomic mass is 16.5. The van der Waals surface area contributed by atoms with Crippen molar-refractivity contribution in [3.63, 3.8) is 0 Å². The van der Waals surface area contributed by atoms with Crippen LogP contribution in [0.5, 0.6) is 5.75 Å². The third-order valence-corrected chi connectivity index (χ3v) is 5.15. The van der Waals surface area contributed by atoms with Crippen LogP contribution < -0.4 is 10.1 Å². The van der Waals surface area contributed by atoms with Crippen LogP contribution in [0.3, 0.4) is 0 Å². The highest BCUT2D eigenvalue weighted by Crippen LogP contribution is 2.37. The molecular formula is C21H28N2O3. The molecule has 1 aliphatic carbocycles. The van der Waals surface area contributed by atoms with Crippen LogP contribution in [-0.4, -0.2) is 30.2 Å². The van der Waals surface area contributed by atoms with Crippen molar-refractivity contribution in [1.82, 2.24) is 4.98 Å². The first-order chi connectivity index (χ1) is 12.6. The van der Waals surface area contributed by atoms with Gasteiger partial charge in [-0.15, -0.1) is 0 Å². The quantitative estimate of drug-likeness (QED) is 0.824. The Balaban J connectivity index is 1.91. The minimum absolute atomic E-state index is 0.0483. The Morgan fingerprint density at radius 2 is 2.23 bits per heavy atom. The highest BCUT2D eigenvalue weighted by molar-refractivity contribution is 6.05. The third kappa shape index (κ3) is 3.68. The number of rotatable bonds is 6. The number of aromatic nitrogens is 1. The van der Waals surface area contributed by atoms with E-state index < -0.39 is 5.60 Å². The second-order valence-corrected chi connectivity index (χ2v) is 7.21. The Morgan fingerprint density at radius 3 is 2.96 bits per heavy atom. The Bertz CT molecular complexity index is 777. The zero-order valence-electron chi connectivity index (χ0n) is 15.9. The van der Waals surface area contributed by atoms with Gasteiger partial charge >= 0.3 is 0 Å². The predicted molar refractivity (Wildman–Crippen MR) is 104 cm³/mol. The number of nitrogens with zero attached hydrogens (tertiary/aromatic N) is 1. The summed E-state index contributed by atoms with van der Waals surface area (Å²) in [5, 5.41) is 3.99. The predicted octanol–water partition coefficient (Wildman–Crippen LogP) is 4.56. The summed E-state index contributed by atoms with van der Waals surface area (Å²) in [6.45, 7) is 4.87. The molecule has 1 aromatic heterocycles.